The van der Waals surface area contributed by atoms with E-state index in [9.17, 15) is 4.79 Å². The molecule has 1 saturated heterocycles. The third-order valence-electron chi connectivity index (χ3n) is 4.39. The van der Waals surface area contributed by atoms with Crippen LogP contribution in [0.5, 0.6) is 0 Å². The Kier molecular flexibility index (Phi) is 4.32. The van der Waals surface area contributed by atoms with Gasteiger partial charge < -0.3 is 9.80 Å². The first-order valence-electron chi connectivity index (χ1n) is 8.00. The summed E-state index contributed by atoms with van der Waals surface area (Å²) < 4.78 is 1.66. The summed E-state index contributed by atoms with van der Waals surface area (Å²) in [6.07, 6.45) is 3.86. The monoisotopic (exact) mass is 313 g/mol. The first kappa shape index (κ1) is 15.5. The maximum atomic E-state index is 12.6. The second-order valence-electron chi connectivity index (χ2n) is 6.17. The summed E-state index contributed by atoms with van der Waals surface area (Å²) in [7, 11) is 3.69. The molecule has 0 unspecified atom stereocenters. The van der Waals surface area contributed by atoms with E-state index < -0.39 is 0 Å². The molecule has 2 aromatic heterocycles. The van der Waals surface area contributed by atoms with Crippen LogP contribution >= 0.6 is 0 Å². The van der Waals surface area contributed by atoms with Crippen molar-refractivity contribution in [1.29, 1.82) is 0 Å². The van der Waals surface area contributed by atoms with Crippen molar-refractivity contribution in [2.75, 3.05) is 25.0 Å². The van der Waals surface area contributed by atoms with Crippen LogP contribution in [0.2, 0.25) is 0 Å². The van der Waals surface area contributed by atoms with Gasteiger partial charge in [-0.25, -0.2) is 4.98 Å². The summed E-state index contributed by atoms with van der Waals surface area (Å²) in [6, 6.07) is 8.02. The van der Waals surface area contributed by atoms with Gasteiger partial charge >= 0.3 is 0 Å². The van der Waals surface area contributed by atoms with Crippen molar-refractivity contribution in [1.82, 2.24) is 19.7 Å². The summed E-state index contributed by atoms with van der Waals surface area (Å²) >= 11 is 0. The first-order chi connectivity index (χ1) is 11.0. The molecule has 0 aliphatic carbocycles. The van der Waals surface area contributed by atoms with E-state index in [2.05, 4.69) is 15.0 Å². The molecule has 6 heteroatoms. The van der Waals surface area contributed by atoms with Crippen LogP contribution in [0.15, 0.2) is 30.5 Å². The molecule has 1 aliphatic heterocycles. The van der Waals surface area contributed by atoms with Crippen LogP contribution < -0.4 is 4.90 Å². The van der Waals surface area contributed by atoms with Crippen molar-refractivity contribution in [2.45, 2.75) is 25.8 Å². The molecular formula is C17H23N5O. The zero-order valence-corrected chi connectivity index (χ0v) is 13.9. The van der Waals surface area contributed by atoms with Crippen LogP contribution in [-0.4, -0.2) is 51.8 Å². The largest absolute Gasteiger partial charge is 0.355 e. The molecule has 0 saturated carbocycles. The van der Waals surface area contributed by atoms with Crippen LogP contribution in [0, 0.1) is 6.92 Å². The van der Waals surface area contributed by atoms with Crippen molar-refractivity contribution in [3.63, 3.8) is 0 Å². The zero-order valence-electron chi connectivity index (χ0n) is 13.9. The summed E-state index contributed by atoms with van der Waals surface area (Å²) in [6.45, 7) is 3.80. The van der Waals surface area contributed by atoms with Crippen LogP contribution in [0.3, 0.4) is 0 Å². The molecule has 3 heterocycles. The van der Waals surface area contributed by atoms with Gasteiger partial charge in [0.05, 0.1) is 0 Å². The Morgan fingerprint density at radius 3 is 2.87 bits per heavy atom. The van der Waals surface area contributed by atoms with E-state index in [0.717, 1.165) is 37.4 Å². The minimum absolute atomic E-state index is 0.0188. The maximum Gasteiger partial charge on any atom is 0.274 e. The van der Waals surface area contributed by atoms with Gasteiger partial charge in [-0.15, -0.1) is 0 Å². The Morgan fingerprint density at radius 2 is 2.17 bits per heavy atom. The second kappa shape index (κ2) is 6.40. The molecule has 0 N–H and O–H groups in total. The van der Waals surface area contributed by atoms with Crippen molar-refractivity contribution in [3.05, 3.63) is 41.9 Å². The minimum Gasteiger partial charge on any atom is -0.355 e. The lowest BCUT2D eigenvalue weighted by Crippen LogP contribution is -2.49. The average Bonchev–Trinajstić information content (AvgIpc) is 3.00. The lowest BCUT2D eigenvalue weighted by Gasteiger charge is -2.38. The van der Waals surface area contributed by atoms with Gasteiger partial charge in [0.2, 0.25) is 0 Å². The zero-order chi connectivity index (χ0) is 16.4. The number of hydrogen-bond donors (Lipinski definition) is 0. The SMILES string of the molecule is Cc1cccc(N2CCC[C@H](N(C)C(=O)c3ccn(C)n3)C2)n1. The van der Waals surface area contributed by atoms with Gasteiger partial charge in [-0.3, -0.25) is 9.48 Å². The third-order valence-corrected chi connectivity index (χ3v) is 4.39. The van der Waals surface area contributed by atoms with Crippen molar-refractivity contribution in [3.8, 4) is 0 Å². The van der Waals surface area contributed by atoms with Gasteiger partial charge in [0.15, 0.2) is 0 Å². The number of hydrogen-bond acceptors (Lipinski definition) is 4. The van der Waals surface area contributed by atoms with Gasteiger partial charge in [-0.2, -0.15) is 5.10 Å². The van der Waals surface area contributed by atoms with Crippen molar-refractivity contribution < 1.29 is 4.79 Å². The molecule has 122 valence electrons. The Balaban J connectivity index is 1.71. The molecule has 6 nitrogen and oxygen atoms in total. The van der Waals surface area contributed by atoms with Crippen molar-refractivity contribution >= 4 is 11.7 Å². The smallest absolute Gasteiger partial charge is 0.274 e. The Hall–Kier alpha value is -2.37. The van der Waals surface area contributed by atoms with Gasteiger partial charge in [-0.05, 0) is 38.0 Å². The first-order valence-corrected chi connectivity index (χ1v) is 8.00. The molecule has 0 radical (unpaired) electrons. The Morgan fingerprint density at radius 1 is 1.35 bits per heavy atom. The number of carbonyl (C=O) groups excluding carboxylic acids is 1. The Bertz CT molecular complexity index is 696. The average molecular weight is 313 g/mol. The van der Waals surface area contributed by atoms with E-state index >= 15 is 0 Å². The number of pyridine rings is 1. The van der Waals surface area contributed by atoms with E-state index in [1.54, 1.807) is 16.9 Å². The van der Waals surface area contributed by atoms with E-state index in [4.69, 9.17) is 0 Å². The van der Waals surface area contributed by atoms with E-state index in [0.29, 0.717) is 5.69 Å². The number of aryl methyl sites for hydroxylation is 2. The fraction of sp³-hybridized carbons (Fsp3) is 0.471. The number of carbonyl (C=O) groups is 1. The minimum atomic E-state index is -0.0188. The molecule has 1 aliphatic rings. The van der Waals surface area contributed by atoms with Gasteiger partial charge in [0, 0.05) is 45.1 Å². The number of nitrogens with zero attached hydrogens (tertiary/aromatic N) is 5. The topological polar surface area (TPSA) is 54.3 Å². The van der Waals surface area contributed by atoms with Crippen molar-refractivity contribution in [2.24, 2.45) is 7.05 Å². The highest BCUT2D eigenvalue weighted by molar-refractivity contribution is 5.92. The summed E-state index contributed by atoms with van der Waals surface area (Å²) in [5.74, 6) is 0.975. The van der Waals surface area contributed by atoms with Gasteiger partial charge in [-0.1, -0.05) is 6.07 Å². The number of aromatic nitrogens is 3. The highest BCUT2D eigenvalue weighted by Gasteiger charge is 2.28. The lowest BCUT2D eigenvalue weighted by atomic mass is 10.0. The molecule has 0 bridgehead atoms. The summed E-state index contributed by atoms with van der Waals surface area (Å²) in [5.41, 5.74) is 1.52. The van der Waals surface area contributed by atoms with Crippen LogP contribution in [0.4, 0.5) is 5.82 Å². The van der Waals surface area contributed by atoms with Gasteiger partial charge in [0.1, 0.15) is 11.5 Å². The number of rotatable bonds is 3. The fourth-order valence-corrected chi connectivity index (χ4v) is 3.06. The standard InChI is InChI=1S/C17H23N5O/c1-13-6-4-8-16(18-13)22-10-5-7-14(12-22)21(3)17(23)15-9-11-20(2)19-15/h4,6,8-9,11,14H,5,7,10,12H2,1-3H3/t14-/m0/s1. The Labute approximate surface area is 136 Å². The highest BCUT2D eigenvalue weighted by atomic mass is 16.2. The predicted molar refractivity (Wildman–Crippen MR) is 89.5 cm³/mol. The molecule has 1 amide bonds. The predicted octanol–water partition coefficient (Wildman–Crippen LogP) is 1.86. The van der Waals surface area contributed by atoms with E-state index in [-0.39, 0.29) is 11.9 Å². The van der Waals surface area contributed by atoms with Crippen LogP contribution in [0.25, 0.3) is 0 Å². The third kappa shape index (κ3) is 3.36. The number of piperidine rings is 1. The maximum absolute atomic E-state index is 12.6. The molecule has 23 heavy (non-hydrogen) atoms. The molecule has 1 fully saturated rings. The van der Waals surface area contributed by atoms with E-state index in [1.807, 2.05) is 44.1 Å². The number of amides is 1. The van der Waals surface area contributed by atoms with Crippen LogP contribution in [0.1, 0.15) is 29.0 Å². The normalized spacial score (nSPS) is 18.0. The lowest BCUT2D eigenvalue weighted by molar-refractivity contribution is 0.0710. The quantitative estimate of drug-likeness (QED) is 0.868. The summed E-state index contributed by atoms with van der Waals surface area (Å²) in [5, 5.41) is 4.21. The van der Waals surface area contributed by atoms with E-state index in [1.165, 1.54) is 0 Å². The second-order valence-corrected chi connectivity index (χ2v) is 6.17. The number of anilines is 1. The van der Waals surface area contributed by atoms with Gasteiger partial charge in [0.25, 0.3) is 5.91 Å². The highest BCUT2D eigenvalue weighted by Crippen LogP contribution is 2.21. The molecular weight excluding hydrogens is 290 g/mol. The molecule has 2 aromatic rings. The number of likely N-dealkylation sites (N-methyl/N-ethyl adjacent to an activating group) is 1. The molecule has 1 atom stereocenters. The molecule has 0 spiro atoms. The van der Waals surface area contributed by atoms with Crippen LogP contribution in [-0.2, 0) is 7.05 Å². The molecule has 3 rings (SSSR count). The fourth-order valence-electron chi connectivity index (χ4n) is 3.06. The summed E-state index contributed by atoms with van der Waals surface area (Å²) in [4.78, 5) is 21.3. The molecule has 0 aromatic carbocycles.